The van der Waals surface area contributed by atoms with Gasteiger partial charge in [0.15, 0.2) is 11.5 Å². The molecule has 0 fully saturated rings. The molecule has 0 spiro atoms. The summed E-state index contributed by atoms with van der Waals surface area (Å²) in [5, 5.41) is 11.1. The molecule has 1 unspecified atom stereocenters. The molecule has 2 aromatic rings. The summed E-state index contributed by atoms with van der Waals surface area (Å²) >= 11 is 12.2. The lowest BCUT2D eigenvalue weighted by molar-refractivity contribution is -0.126. The monoisotopic (exact) mass is 423 g/mol. The van der Waals surface area contributed by atoms with E-state index in [4.69, 9.17) is 32.7 Å². The Balaban J connectivity index is 2.28. The van der Waals surface area contributed by atoms with Gasteiger partial charge in [0.05, 0.1) is 25.6 Å². The first-order chi connectivity index (χ1) is 13.3. The summed E-state index contributed by atoms with van der Waals surface area (Å²) in [4.78, 5) is 24.5. The van der Waals surface area contributed by atoms with E-state index in [1.165, 1.54) is 21.1 Å². The Morgan fingerprint density at radius 3 is 2.39 bits per heavy atom. The van der Waals surface area contributed by atoms with Gasteiger partial charge in [-0.15, -0.1) is 0 Å². The Labute approximate surface area is 172 Å². The van der Waals surface area contributed by atoms with Crippen molar-refractivity contribution in [3.05, 3.63) is 45.9 Å². The van der Waals surface area contributed by atoms with Gasteiger partial charge in [-0.1, -0.05) is 23.2 Å². The van der Waals surface area contributed by atoms with Crippen molar-refractivity contribution in [2.45, 2.75) is 19.9 Å². The number of aryl methyl sites for hydroxylation is 1. The van der Waals surface area contributed by atoms with Gasteiger partial charge in [-0.3, -0.25) is 9.59 Å². The lowest BCUT2D eigenvalue weighted by atomic mass is 10.2. The molecule has 0 saturated carbocycles. The van der Waals surface area contributed by atoms with Crippen molar-refractivity contribution in [1.82, 2.24) is 0 Å². The minimum Gasteiger partial charge on any atom is -0.495 e. The Bertz CT molecular complexity index is 911. The van der Waals surface area contributed by atoms with Crippen molar-refractivity contribution >= 4 is 46.3 Å². The average molecular weight is 424 g/mol. The van der Waals surface area contributed by atoms with Crippen LogP contribution in [0.4, 0.5) is 11.4 Å². The first kappa shape index (κ1) is 21.7. The van der Waals surface area contributed by atoms with Gasteiger partial charge in [0, 0.05) is 5.02 Å². The third-order valence-corrected chi connectivity index (χ3v) is 4.27. The summed E-state index contributed by atoms with van der Waals surface area (Å²) < 4.78 is 10.4. The number of halogens is 2. The van der Waals surface area contributed by atoms with Crippen LogP contribution in [0.1, 0.15) is 12.5 Å². The molecule has 7 nitrogen and oxygen atoms in total. The zero-order valence-corrected chi connectivity index (χ0v) is 17.3. The summed E-state index contributed by atoms with van der Waals surface area (Å²) in [7, 11) is 2.86. The van der Waals surface area contributed by atoms with Crippen LogP contribution < -0.4 is 14.8 Å². The number of nitrogens with one attached hydrogen (secondary N) is 1. The van der Waals surface area contributed by atoms with E-state index in [2.05, 4.69) is 15.5 Å². The van der Waals surface area contributed by atoms with E-state index >= 15 is 0 Å². The van der Waals surface area contributed by atoms with Crippen molar-refractivity contribution < 1.29 is 19.1 Å². The highest BCUT2D eigenvalue weighted by atomic mass is 35.5. The molecule has 1 N–H and O–H groups in total. The Morgan fingerprint density at radius 2 is 1.82 bits per heavy atom. The Kier molecular flexibility index (Phi) is 7.37. The summed E-state index contributed by atoms with van der Waals surface area (Å²) in [6.07, 6.45) is 0. The van der Waals surface area contributed by atoms with Crippen molar-refractivity contribution in [1.29, 1.82) is 0 Å². The fraction of sp³-hybridized carbons (Fsp3) is 0.263. The van der Waals surface area contributed by atoms with Crippen LogP contribution >= 0.6 is 23.2 Å². The quantitative estimate of drug-likeness (QED) is 0.501. The second-order valence-electron chi connectivity index (χ2n) is 5.87. The van der Waals surface area contributed by atoms with E-state index in [-0.39, 0.29) is 16.5 Å². The number of anilines is 1. The molecule has 1 atom stereocenters. The number of methoxy groups -OCH3 is 2. The third kappa shape index (κ3) is 5.21. The number of carbonyl (C=O) groups excluding carboxylic acids is 2. The van der Waals surface area contributed by atoms with Gasteiger partial charge < -0.3 is 14.8 Å². The van der Waals surface area contributed by atoms with Gasteiger partial charge >= 0.3 is 0 Å². The van der Waals surface area contributed by atoms with Crippen LogP contribution in [0.2, 0.25) is 10.0 Å². The zero-order valence-electron chi connectivity index (χ0n) is 15.7. The van der Waals surface area contributed by atoms with Crippen LogP contribution in [-0.4, -0.2) is 32.0 Å². The lowest BCUT2D eigenvalue weighted by Crippen LogP contribution is -2.32. The minimum atomic E-state index is -1.34. The maximum absolute atomic E-state index is 12.6. The van der Waals surface area contributed by atoms with Crippen molar-refractivity contribution in [2.24, 2.45) is 10.2 Å². The highest BCUT2D eigenvalue weighted by molar-refractivity contribution is 6.34. The Morgan fingerprint density at radius 1 is 1.11 bits per heavy atom. The number of hydrogen-bond donors (Lipinski definition) is 1. The number of rotatable bonds is 7. The highest BCUT2D eigenvalue weighted by Crippen LogP contribution is 2.39. The number of Topliss-reactive ketones (excluding diaryl/α,β-unsaturated/α-hetero) is 1. The van der Waals surface area contributed by atoms with Gasteiger partial charge in [-0.05, 0) is 49.7 Å². The molecule has 0 aliphatic rings. The van der Waals surface area contributed by atoms with Crippen LogP contribution in [0.25, 0.3) is 0 Å². The van der Waals surface area contributed by atoms with E-state index in [9.17, 15) is 9.59 Å². The SMILES string of the molecule is COc1ccc(NC(=O)C(N=Nc2cc(C)cc(Cl)c2)C(C)=O)c(OC)c1Cl. The van der Waals surface area contributed by atoms with Crippen LogP contribution in [-0.2, 0) is 9.59 Å². The number of amides is 1. The first-order valence-corrected chi connectivity index (χ1v) is 8.92. The van der Waals surface area contributed by atoms with Gasteiger partial charge in [-0.25, -0.2) is 0 Å². The molecule has 0 heterocycles. The molecule has 2 aromatic carbocycles. The molecule has 148 valence electrons. The normalized spacial score (nSPS) is 11.9. The van der Waals surface area contributed by atoms with Crippen LogP contribution in [0.5, 0.6) is 11.5 Å². The summed E-state index contributed by atoms with van der Waals surface area (Å²) in [6.45, 7) is 3.10. The molecule has 28 heavy (non-hydrogen) atoms. The smallest absolute Gasteiger partial charge is 0.258 e. The average Bonchev–Trinajstić information content (AvgIpc) is 2.61. The number of benzene rings is 2. The molecule has 2 rings (SSSR count). The molecule has 0 bridgehead atoms. The van der Waals surface area contributed by atoms with Gasteiger partial charge in [-0.2, -0.15) is 10.2 Å². The van der Waals surface area contributed by atoms with E-state index in [0.717, 1.165) is 5.56 Å². The number of azo groups is 1. The largest absolute Gasteiger partial charge is 0.495 e. The molecule has 9 heteroatoms. The summed E-state index contributed by atoms with van der Waals surface area (Å²) in [5.74, 6) is -0.553. The van der Waals surface area contributed by atoms with Crippen LogP contribution in [0.15, 0.2) is 40.6 Å². The van der Waals surface area contributed by atoms with Crippen molar-refractivity contribution in [2.75, 3.05) is 19.5 Å². The molecule has 1 amide bonds. The molecule has 0 radical (unpaired) electrons. The van der Waals surface area contributed by atoms with Gasteiger partial charge in [0.2, 0.25) is 6.04 Å². The topological polar surface area (TPSA) is 89.4 Å². The Hall–Kier alpha value is -2.64. The predicted molar refractivity (Wildman–Crippen MR) is 108 cm³/mol. The standard InChI is InChI=1S/C19H19Cl2N3O4/c1-10-7-12(20)9-13(8-10)23-24-17(11(2)25)19(26)22-14-5-6-15(27-3)16(21)18(14)28-4/h5-9,17H,1-4H3,(H,22,26). The second-order valence-corrected chi connectivity index (χ2v) is 6.68. The van der Waals surface area contributed by atoms with Crippen molar-refractivity contribution in [3.63, 3.8) is 0 Å². The number of ether oxygens (including phenoxy) is 2. The summed E-state index contributed by atoms with van der Waals surface area (Å²) in [6, 6.07) is 6.85. The number of nitrogens with zero attached hydrogens (tertiary/aromatic N) is 2. The van der Waals surface area contributed by atoms with E-state index in [1.807, 2.05) is 6.92 Å². The van der Waals surface area contributed by atoms with Gasteiger partial charge in [0.1, 0.15) is 10.8 Å². The van der Waals surface area contributed by atoms with Crippen LogP contribution in [0.3, 0.4) is 0 Å². The van der Waals surface area contributed by atoms with Crippen LogP contribution in [0, 0.1) is 6.92 Å². The maximum Gasteiger partial charge on any atom is 0.258 e. The zero-order chi connectivity index (χ0) is 20.8. The van der Waals surface area contributed by atoms with E-state index in [1.54, 1.807) is 30.3 Å². The molecule has 0 saturated heterocycles. The molecular weight excluding hydrogens is 405 g/mol. The van der Waals surface area contributed by atoms with Crippen molar-refractivity contribution in [3.8, 4) is 11.5 Å². The highest BCUT2D eigenvalue weighted by Gasteiger charge is 2.25. The van der Waals surface area contributed by atoms with E-state index in [0.29, 0.717) is 16.5 Å². The number of hydrogen-bond acceptors (Lipinski definition) is 6. The maximum atomic E-state index is 12.6. The van der Waals surface area contributed by atoms with Gasteiger partial charge in [0.25, 0.3) is 5.91 Å². The summed E-state index contributed by atoms with van der Waals surface area (Å²) in [5.41, 5.74) is 1.59. The molecule has 0 aromatic heterocycles. The van der Waals surface area contributed by atoms with E-state index < -0.39 is 17.7 Å². The first-order valence-electron chi connectivity index (χ1n) is 8.16. The fourth-order valence-corrected chi connectivity index (χ4v) is 3.02. The molecular formula is C19H19Cl2N3O4. The third-order valence-electron chi connectivity index (χ3n) is 3.69. The predicted octanol–water partition coefficient (Wildman–Crippen LogP) is 5.00. The minimum absolute atomic E-state index is 0.193. The lowest BCUT2D eigenvalue weighted by Gasteiger charge is -2.15. The second kappa shape index (κ2) is 9.52. The molecule has 0 aliphatic carbocycles. The molecule has 0 aliphatic heterocycles. The number of ketones is 1. The fourth-order valence-electron chi connectivity index (χ4n) is 2.41. The number of carbonyl (C=O) groups is 2.